The maximum absolute atomic E-state index is 13.8. The first kappa shape index (κ1) is 27.7. The summed E-state index contributed by atoms with van der Waals surface area (Å²) >= 11 is 0. The number of carbonyl (C=O) groups is 2. The van der Waals surface area contributed by atoms with E-state index in [1.807, 2.05) is 51.1 Å². The summed E-state index contributed by atoms with van der Waals surface area (Å²) in [7, 11) is -3.73. The maximum atomic E-state index is 13.8. The molecule has 8 heteroatoms. The van der Waals surface area contributed by atoms with E-state index in [-0.39, 0.29) is 25.0 Å². The van der Waals surface area contributed by atoms with Gasteiger partial charge in [-0.05, 0) is 61.9 Å². The fourth-order valence-electron chi connectivity index (χ4n) is 4.83. The van der Waals surface area contributed by atoms with Crippen LogP contribution in [0.3, 0.4) is 0 Å². The second-order valence-corrected chi connectivity index (χ2v) is 11.7. The van der Waals surface area contributed by atoms with Gasteiger partial charge in [-0.2, -0.15) is 0 Å². The monoisotopic (exact) mass is 513 g/mol. The number of rotatable bonds is 10. The van der Waals surface area contributed by atoms with Crippen molar-refractivity contribution in [3.05, 3.63) is 65.2 Å². The number of hydrogen-bond acceptors (Lipinski definition) is 4. The molecule has 3 rings (SSSR count). The molecule has 0 aliphatic heterocycles. The molecule has 2 aromatic rings. The Balaban J connectivity index is 1.92. The third-order valence-electron chi connectivity index (χ3n) is 6.91. The highest BCUT2D eigenvalue weighted by Gasteiger charge is 2.33. The molecule has 1 saturated carbocycles. The van der Waals surface area contributed by atoms with Gasteiger partial charge in [-0.1, -0.05) is 62.6 Å². The van der Waals surface area contributed by atoms with Crippen LogP contribution < -0.4 is 9.62 Å². The highest BCUT2D eigenvalue weighted by atomic mass is 32.2. The number of aryl methyl sites for hydroxylation is 2. The van der Waals surface area contributed by atoms with Gasteiger partial charge in [0.2, 0.25) is 21.8 Å². The SMILES string of the molecule is CCC(C(=O)NC1CCCCC1)N(Cc1ccccc1C)C(=O)CN(c1cccc(C)c1)S(C)(=O)=O. The number of hydrogen-bond donors (Lipinski definition) is 1. The van der Waals surface area contributed by atoms with Crippen molar-refractivity contribution in [2.45, 2.75) is 77.9 Å². The Morgan fingerprint density at radius 2 is 1.72 bits per heavy atom. The zero-order valence-corrected chi connectivity index (χ0v) is 22.7. The van der Waals surface area contributed by atoms with Crippen molar-refractivity contribution in [3.8, 4) is 0 Å². The number of benzene rings is 2. The van der Waals surface area contributed by atoms with E-state index in [2.05, 4.69) is 5.32 Å². The van der Waals surface area contributed by atoms with Gasteiger partial charge in [0, 0.05) is 12.6 Å². The molecule has 196 valence electrons. The first-order valence-electron chi connectivity index (χ1n) is 12.8. The number of sulfonamides is 1. The lowest BCUT2D eigenvalue weighted by Crippen LogP contribution is -2.54. The van der Waals surface area contributed by atoms with Gasteiger partial charge >= 0.3 is 0 Å². The Morgan fingerprint density at radius 1 is 1.03 bits per heavy atom. The van der Waals surface area contributed by atoms with Crippen LogP contribution in [-0.2, 0) is 26.2 Å². The summed E-state index contributed by atoms with van der Waals surface area (Å²) in [4.78, 5) is 28.8. The molecule has 1 N–H and O–H groups in total. The van der Waals surface area contributed by atoms with E-state index in [9.17, 15) is 18.0 Å². The average Bonchev–Trinajstić information content (AvgIpc) is 2.83. The van der Waals surface area contributed by atoms with E-state index in [1.54, 1.807) is 23.1 Å². The number of amides is 2. The second-order valence-electron chi connectivity index (χ2n) is 9.82. The Morgan fingerprint density at radius 3 is 2.33 bits per heavy atom. The van der Waals surface area contributed by atoms with Crippen molar-refractivity contribution in [2.75, 3.05) is 17.1 Å². The van der Waals surface area contributed by atoms with Crippen molar-refractivity contribution < 1.29 is 18.0 Å². The number of carbonyl (C=O) groups excluding carboxylic acids is 2. The van der Waals surface area contributed by atoms with Crippen molar-refractivity contribution in [1.82, 2.24) is 10.2 Å². The van der Waals surface area contributed by atoms with E-state index in [0.29, 0.717) is 12.1 Å². The van der Waals surface area contributed by atoms with Crippen LogP contribution >= 0.6 is 0 Å². The molecule has 1 fully saturated rings. The third-order valence-corrected chi connectivity index (χ3v) is 8.05. The molecule has 0 radical (unpaired) electrons. The molecule has 36 heavy (non-hydrogen) atoms. The fraction of sp³-hybridized carbons (Fsp3) is 0.500. The number of nitrogens with one attached hydrogen (secondary N) is 1. The van der Waals surface area contributed by atoms with E-state index in [1.165, 1.54) is 6.42 Å². The fourth-order valence-corrected chi connectivity index (χ4v) is 5.67. The second kappa shape index (κ2) is 12.4. The van der Waals surface area contributed by atoms with E-state index < -0.39 is 22.0 Å². The van der Waals surface area contributed by atoms with Gasteiger partial charge in [0.1, 0.15) is 12.6 Å². The van der Waals surface area contributed by atoms with E-state index in [0.717, 1.165) is 52.9 Å². The summed E-state index contributed by atoms with van der Waals surface area (Å²) in [6, 6.07) is 14.2. The standard InChI is InChI=1S/C28H39N3O4S/c1-5-26(28(33)29-24-15-7-6-8-16-24)30(19-23-14-10-9-13-22(23)3)27(32)20-31(36(4,34)35)25-17-11-12-21(2)18-25/h9-14,17-18,24,26H,5-8,15-16,19-20H2,1-4H3,(H,29,33). The largest absolute Gasteiger partial charge is 0.352 e. The summed E-state index contributed by atoms with van der Waals surface area (Å²) in [6.07, 6.45) is 6.79. The molecule has 2 amide bonds. The van der Waals surface area contributed by atoms with Crippen molar-refractivity contribution in [2.24, 2.45) is 0 Å². The van der Waals surface area contributed by atoms with Crippen LogP contribution in [0.5, 0.6) is 0 Å². The minimum Gasteiger partial charge on any atom is -0.352 e. The van der Waals surface area contributed by atoms with Crippen LogP contribution in [0.1, 0.15) is 62.1 Å². The van der Waals surface area contributed by atoms with Gasteiger partial charge < -0.3 is 10.2 Å². The summed E-state index contributed by atoms with van der Waals surface area (Å²) < 4.78 is 26.6. The lowest BCUT2D eigenvalue weighted by molar-refractivity contribution is -0.140. The molecule has 0 aromatic heterocycles. The van der Waals surface area contributed by atoms with Crippen molar-refractivity contribution in [1.29, 1.82) is 0 Å². The topological polar surface area (TPSA) is 86.8 Å². The zero-order valence-electron chi connectivity index (χ0n) is 21.9. The van der Waals surface area contributed by atoms with Gasteiger partial charge in [-0.3, -0.25) is 13.9 Å². The Hall–Kier alpha value is -2.87. The molecule has 1 aliphatic rings. The van der Waals surface area contributed by atoms with Gasteiger partial charge in [-0.15, -0.1) is 0 Å². The normalized spacial score (nSPS) is 15.2. The first-order chi connectivity index (χ1) is 17.1. The van der Waals surface area contributed by atoms with E-state index in [4.69, 9.17) is 0 Å². The Kier molecular flexibility index (Phi) is 9.54. The minimum absolute atomic E-state index is 0.121. The van der Waals surface area contributed by atoms with Crippen LogP contribution in [0.2, 0.25) is 0 Å². The predicted molar refractivity (Wildman–Crippen MR) is 144 cm³/mol. The Bertz CT molecular complexity index is 1160. The highest BCUT2D eigenvalue weighted by molar-refractivity contribution is 7.92. The van der Waals surface area contributed by atoms with Gasteiger partial charge in [0.05, 0.1) is 11.9 Å². The van der Waals surface area contributed by atoms with Crippen molar-refractivity contribution in [3.63, 3.8) is 0 Å². The average molecular weight is 514 g/mol. The molecule has 1 atom stereocenters. The van der Waals surface area contributed by atoms with Gasteiger partial charge in [0.15, 0.2) is 0 Å². The van der Waals surface area contributed by atoms with Crippen LogP contribution in [0, 0.1) is 13.8 Å². The molecule has 0 heterocycles. The quantitative estimate of drug-likeness (QED) is 0.512. The smallest absolute Gasteiger partial charge is 0.244 e. The highest BCUT2D eigenvalue weighted by Crippen LogP contribution is 2.22. The van der Waals surface area contributed by atoms with Crippen LogP contribution in [0.4, 0.5) is 5.69 Å². The number of anilines is 1. The molecular weight excluding hydrogens is 474 g/mol. The van der Waals surface area contributed by atoms with Crippen LogP contribution in [-0.4, -0.2) is 50.0 Å². The van der Waals surface area contributed by atoms with E-state index >= 15 is 0 Å². The Labute approximate surface area is 215 Å². The molecule has 7 nitrogen and oxygen atoms in total. The summed E-state index contributed by atoms with van der Waals surface area (Å²) in [5, 5.41) is 3.16. The number of nitrogens with zero attached hydrogens (tertiary/aromatic N) is 2. The molecule has 1 aliphatic carbocycles. The summed E-state index contributed by atoms with van der Waals surface area (Å²) in [5.74, 6) is -0.580. The zero-order chi connectivity index (χ0) is 26.3. The summed E-state index contributed by atoms with van der Waals surface area (Å²) in [6.45, 7) is 5.59. The third kappa shape index (κ3) is 7.32. The molecule has 1 unspecified atom stereocenters. The lowest BCUT2D eigenvalue weighted by Gasteiger charge is -2.34. The van der Waals surface area contributed by atoms with Crippen LogP contribution in [0.15, 0.2) is 48.5 Å². The first-order valence-corrected chi connectivity index (χ1v) is 14.6. The predicted octanol–water partition coefficient (Wildman–Crippen LogP) is 4.33. The molecule has 0 saturated heterocycles. The van der Waals surface area contributed by atoms with Crippen molar-refractivity contribution >= 4 is 27.5 Å². The maximum Gasteiger partial charge on any atom is 0.244 e. The van der Waals surface area contributed by atoms with Crippen LogP contribution in [0.25, 0.3) is 0 Å². The van der Waals surface area contributed by atoms with Gasteiger partial charge in [-0.25, -0.2) is 8.42 Å². The molecule has 0 bridgehead atoms. The molecule has 2 aromatic carbocycles. The molecular formula is C28H39N3O4S. The van der Waals surface area contributed by atoms with Gasteiger partial charge in [0.25, 0.3) is 0 Å². The molecule has 0 spiro atoms. The lowest BCUT2D eigenvalue weighted by atomic mass is 9.95. The minimum atomic E-state index is -3.73. The summed E-state index contributed by atoms with van der Waals surface area (Å²) in [5.41, 5.74) is 3.26.